The predicted molar refractivity (Wildman–Crippen MR) is 55.6 cm³/mol. The van der Waals surface area contributed by atoms with Crippen LogP contribution in [0, 0.1) is 0 Å². The summed E-state index contributed by atoms with van der Waals surface area (Å²) in [6, 6.07) is 8.78. The summed E-state index contributed by atoms with van der Waals surface area (Å²) in [5.41, 5.74) is 0.387. The molecule has 1 aromatic rings. The van der Waals surface area contributed by atoms with E-state index in [0.29, 0.717) is 5.56 Å². The number of aliphatic hydroxyl groups excluding tert-OH is 1. The zero-order chi connectivity index (χ0) is 11.7. The molecule has 1 aliphatic heterocycles. The van der Waals surface area contributed by atoms with Gasteiger partial charge in [-0.05, 0) is 6.92 Å². The van der Waals surface area contributed by atoms with Gasteiger partial charge in [-0.1, -0.05) is 30.3 Å². The zero-order valence-corrected chi connectivity index (χ0v) is 8.64. The molecule has 4 heteroatoms. The first-order valence-corrected chi connectivity index (χ1v) is 4.81. The summed E-state index contributed by atoms with van der Waals surface area (Å²) in [5.74, 6) is -1.55. The van der Waals surface area contributed by atoms with Gasteiger partial charge in [0.25, 0.3) is 0 Å². The lowest BCUT2D eigenvalue weighted by Gasteiger charge is -2.09. The van der Waals surface area contributed by atoms with Crippen LogP contribution in [0.2, 0.25) is 0 Å². The molecule has 2 rings (SSSR count). The van der Waals surface area contributed by atoms with Crippen LogP contribution in [0.5, 0.6) is 0 Å². The molecule has 0 amide bonds. The van der Waals surface area contributed by atoms with E-state index < -0.39 is 17.9 Å². The second kappa shape index (κ2) is 3.81. The number of carbonyl (C=O) groups excluding carboxylic acids is 2. The maximum absolute atomic E-state index is 11.3. The minimum absolute atomic E-state index is 0.256. The molecule has 0 fully saturated rings. The monoisotopic (exact) mass is 218 g/mol. The van der Waals surface area contributed by atoms with Crippen molar-refractivity contribution in [2.24, 2.45) is 0 Å². The molecular formula is C12H10O4. The summed E-state index contributed by atoms with van der Waals surface area (Å²) in [6.07, 6.45) is -0.854. The smallest absolute Gasteiger partial charge is 0.346 e. The summed E-state index contributed by atoms with van der Waals surface area (Å²) >= 11 is 0. The maximum Gasteiger partial charge on any atom is 0.346 e. The Balaban J connectivity index is 2.42. The van der Waals surface area contributed by atoms with E-state index in [4.69, 9.17) is 4.74 Å². The van der Waals surface area contributed by atoms with Gasteiger partial charge in [-0.3, -0.25) is 4.79 Å². The number of cyclic esters (lactones) is 1. The summed E-state index contributed by atoms with van der Waals surface area (Å²) in [6.45, 7) is 1.22. The summed E-state index contributed by atoms with van der Waals surface area (Å²) in [4.78, 5) is 22.5. The van der Waals surface area contributed by atoms with Crippen LogP contribution in [0.4, 0.5) is 0 Å². The Morgan fingerprint density at radius 1 is 1.31 bits per heavy atom. The van der Waals surface area contributed by atoms with Crippen molar-refractivity contribution in [1.29, 1.82) is 0 Å². The number of esters is 1. The van der Waals surface area contributed by atoms with E-state index in [1.54, 1.807) is 24.3 Å². The van der Waals surface area contributed by atoms with Gasteiger partial charge in [-0.15, -0.1) is 0 Å². The molecule has 4 nitrogen and oxygen atoms in total. The van der Waals surface area contributed by atoms with E-state index in [9.17, 15) is 14.7 Å². The number of benzene rings is 1. The number of hydrogen-bond donors (Lipinski definition) is 1. The topological polar surface area (TPSA) is 63.6 Å². The first-order chi connectivity index (χ1) is 7.61. The number of carbonyl (C=O) groups is 2. The van der Waals surface area contributed by atoms with E-state index in [2.05, 4.69) is 0 Å². The fraction of sp³-hybridized carbons (Fsp3) is 0.167. The first kappa shape index (κ1) is 10.4. The molecule has 0 spiro atoms. The van der Waals surface area contributed by atoms with Crippen molar-refractivity contribution in [3.8, 4) is 0 Å². The molecule has 0 saturated carbocycles. The van der Waals surface area contributed by atoms with Crippen molar-refractivity contribution >= 4 is 11.8 Å². The van der Waals surface area contributed by atoms with Crippen LogP contribution in [0.1, 0.15) is 18.6 Å². The average molecular weight is 218 g/mol. The lowest BCUT2D eigenvalue weighted by molar-refractivity contribution is -0.141. The summed E-state index contributed by atoms with van der Waals surface area (Å²) < 4.78 is 4.95. The van der Waals surface area contributed by atoms with E-state index in [-0.39, 0.29) is 11.3 Å². The molecule has 1 unspecified atom stereocenters. The van der Waals surface area contributed by atoms with Gasteiger partial charge in [-0.25, -0.2) is 4.79 Å². The zero-order valence-electron chi connectivity index (χ0n) is 8.64. The molecule has 0 bridgehead atoms. The van der Waals surface area contributed by atoms with Gasteiger partial charge in [-0.2, -0.15) is 0 Å². The molecule has 1 aromatic carbocycles. The number of ether oxygens (including phenoxy) is 1. The molecule has 0 aromatic heterocycles. The average Bonchev–Trinajstić information content (AvgIpc) is 2.55. The van der Waals surface area contributed by atoms with E-state index in [0.717, 1.165) is 0 Å². The molecule has 0 aliphatic carbocycles. The van der Waals surface area contributed by atoms with E-state index >= 15 is 0 Å². The van der Waals surface area contributed by atoms with Gasteiger partial charge in [0.1, 0.15) is 5.57 Å². The Kier molecular flexibility index (Phi) is 2.48. The van der Waals surface area contributed by atoms with E-state index in [1.165, 1.54) is 6.92 Å². The third-order valence-corrected chi connectivity index (χ3v) is 2.39. The van der Waals surface area contributed by atoms with Crippen LogP contribution < -0.4 is 0 Å². The minimum atomic E-state index is -0.854. The fourth-order valence-electron chi connectivity index (χ4n) is 1.64. The Labute approximate surface area is 92.2 Å². The highest BCUT2D eigenvalue weighted by Gasteiger charge is 2.37. The van der Waals surface area contributed by atoms with Gasteiger partial charge in [0.2, 0.25) is 0 Å². The third kappa shape index (κ3) is 1.58. The van der Waals surface area contributed by atoms with E-state index in [1.807, 2.05) is 6.07 Å². The van der Waals surface area contributed by atoms with Crippen LogP contribution in [-0.4, -0.2) is 16.9 Å². The van der Waals surface area contributed by atoms with Crippen LogP contribution in [-0.2, 0) is 14.3 Å². The Bertz CT molecular complexity index is 473. The number of Topliss-reactive ketones (excluding diaryl/α,β-unsaturated/α-hetero) is 1. The van der Waals surface area contributed by atoms with Crippen molar-refractivity contribution < 1.29 is 19.4 Å². The Hall–Kier alpha value is -2.10. The fourth-order valence-corrected chi connectivity index (χ4v) is 1.64. The van der Waals surface area contributed by atoms with Crippen LogP contribution in [0.25, 0.3) is 0 Å². The van der Waals surface area contributed by atoms with Crippen LogP contribution in [0.3, 0.4) is 0 Å². The molecule has 1 heterocycles. The van der Waals surface area contributed by atoms with Gasteiger partial charge in [0, 0.05) is 5.56 Å². The van der Waals surface area contributed by atoms with Crippen LogP contribution >= 0.6 is 0 Å². The highest BCUT2D eigenvalue weighted by molar-refractivity contribution is 6.18. The lowest BCUT2D eigenvalue weighted by Crippen LogP contribution is -2.07. The number of aliphatic hydroxyl groups is 1. The van der Waals surface area contributed by atoms with Crippen molar-refractivity contribution in [2.45, 2.75) is 13.0 Å². The second-order valence-electron chi connectivity index (χ2n) is 3.51. The Morgan fingerprint density at radius 2 is 1.94 bits per heavy atom. The number of hydrogen-bond acceptors (Lipinski definition) is 4. The first-order valence-electron chi connectivity index (χ1n) is 4.81. The van der Waals surface area contributed by atoms with Crippen molar-refractivity contribution in [3.63, 3.8) is 0 Å². The second-order valence-corrected chi connectivity index (χ2v) is 3.51. The lowest BCUT2D eigenvalue weighted by atomic mass is 10.1. The quantitative estimate of drug-likeness (QED) is 0.606. The molecule has 0 radical (unpaired) electrons. The van der Waals surface area contributed by atoms with Crippen molar-refractivity contribution in [2.75, 3.05) is 0 Å². The molecule has 1 atom stereocenters. The van der Waals surface area contributed by atoms with Crippen LogP contribution in [0.15, 0.2) is 41.7 Å². The predicted octanol–water partition coefficient (Wildman–Crippen LogP) is 1.69. The molecule has 82 valence electrons. The van der Waals surface area contributed by atoms with Gasteiger partial charge >= 0.3 is 5.97 Å². The highest BCUT2D eigenvalue weighted by atomic mass is 16.6. The largest absolute Gasteiger partial charge is 0.507 e. The van der Waals surface area contributed by atoms with Crippen molar-refractivity contribution in [3.05, 3.63) is 47.2 Å². The molecule has 1 aliphatic rings. The molecular weight excluding hydrogens is 208 g/mol. The maximum atomic E-state index is 11.3. The van der Waals surface area contributed by atoms with Gasteiger partial charge in [0.05, 0.1) is 0 Å². The molecule has 1 N–H and O–H groups in total. The highest BCUT2D eigenvalue weighted by Crippen LogP contribution is 2.33. The Morgan fingerprint density at radius 3 is 2.44 bits per heavy atom. The number of ketones is 1. The third-order valence-electron chi connectivity index (χ3n) is 2.39. The van der Waals surface area contributed by atoms with Gasteiger partial charge < -0.3 is 9.84 Å². The SMILES string of the molecule is CC(=O)C1=C(O)C(c2ccccc2)OC1=O. The molecule has 0 saturated heterocycles. The summed E-state index contributed by atoms with van der Waals surface area (Å²) in [7, 11) is 0. The molecule has 16 heavy (non-hydrogen) atoms. The number of rotatable bonds is 2. The normalized spacial score (nSPS) is 19.8. The van der Waals surface area contributed by atoms with Crippen molar-refractivity contribution in [1.82, 2.24) is 0 Å². The summed E-state index contributed by atoms with van der Waals surface area (Å²) in [5, 5.41) is 9.76. The van der Waals surface area contributed by atoms with Gasteiger partial charge in [0.15, 0.2) is 17.6 Å². The standard InChI is InChI=1S/C12H10O4/c1-7(13)9-10(14)11(16-12(9)15)8-5-3-2-4-6-8/h2-6,11,14H,1H3. The minimum Gasteiger partial charge on any atom is -0.507 e.